The number of Topliss-reactive ketones (excluding diaryl/α,β-unsaturated/α-hetero) is 1. The Bertz CT molecular complexity index is 1310. The van der Waals surface area contributed by atoms with E-state index >= 15 is 0 Å². The molecule has 0 atom stereocenters. The Morgan fingerprint density at radius 2 is 1.65 bits per heavy atom. The third-order valence-corrected chi connectivity index (χ3v) is 5.32. The van der Waals surface area contributed by atoms with Crippen molar-refractivity contribution < 1.29 is 24.0 Å². The fourth-order valence-electron chi connectivity index (χ4n) is 3.27. The standard InChI is InChI=1S/C28H27N3O6/c1-3-4-16-37-25-14-10-22(11-15-25)27(33)30-26(18-20-6-5-7-24(17-20)31(35)36)28(34)29-23-12-8-21(9-13-23)19(2)32/h5-15,17-18H,3-4,16H2,1-2H3,(H,29,34)(H,30,33). The lowest BCUT2D eigenvalue weighted by atomic mass is 10.1. The molecule has 0 spiro atoms. The van der Waals surface area contributed by atoms with Crippen LogP contribution in [0.25, 0.3) is 6.08 Å². The maximum atomic E-state index is 13.1. The molecule has 2 N–H and O–H groups in total. The number of anilines is 1. The third kappa shape index (κ3) is 7.86. The molecule has 0 unspecified atom stereocenters. The fraction of sp³-hybridized carbons (Fsp3) is 0.179. The molecule has 190 valence electrons. The molecular weight excluding hydrogens is 474 g/mol. The first-order valence-electron chi connectivity index (χ1n) is 11.7. The van der Waals surface area contributed by atoms with Crippen LogP contribution in [0.15, 0.2) is 78.5 Å². The van der Waals surface area contributed by atoms with Gasteiger partial charge in [0.05, 0.1) is 11.5 Å². The van der Waals surface area contributed by atoms with Crippen molar-refractivity contribution in [3.63, 3.8) is 0 Å². The number of carbonyl (C=O) groups excluding carboxylic acids is 3. The Morgan fingerprint density at radius 1 is 0.973 bits per heavy atom. The molecule has 0 aromatic heterocycles. The summed E-state index contributed by atoms with van der Waals surface area (Å²) in [5.41, 5.74) is 1.27. The number of unbranched alkanes of at least 4 members (excludes halogenated alkanes) is 1. The number of non-ortho nitro benzene ring substituents is 1. The van der Waals surface area contributed by atoms with E-state index < -0.39 is 16.7 Å². The summed E-state index contributed by atoms with van der Waals surface area (Å²) in [7, 11) is 0. The summed E-state index contributed by atoms with van der Waals surface area (Å²) < 4.78 is 5.62. The van der Waals surface area contributed by atoms with Gasteiger partial charge in [0.2, 0.25) is 0 Å². The monoisotopic (exact) mass is 501 g/mol. The Balaban J connectivity index is 1.84. The van der Waals surface area contributed by atoms with E-state index in [-0.39, 0.29) is 17.2 Å². The third-order valence-electron chi connectivity index (χ3n) is 5.32. The van der Waals surface area contributed by atoms with Crippen LogP contribution < -0.4 is 15.4 Å². The van der Waals surface area contributed by atoms with Crippen LogP contribution in [0, 0.1) is 10.1 Å². The van der Waals surface area contributed by atoms with Crippen molar-refractivity contribution >= 4 is 35.0 Å². The highest BCUT2D eigenvalue weighted by molar-refractivity contribution is 6.10. The van der Waals surface area contributed by atoms with E-state index in [9.17, 15) is 24.5 Å². The zero-order chi connectivity index (χ0) is 26.8. The number of nitrogens with zero attached hydrogens (tertiary/aromatic N) is 1. The lowest BCUT2D eigenvalue weighted by Gasteiger charge is -2.12. The molecule has 0 aliphatic rings. The van der Waals surface area contributed by atoms with E-state index in [2.05, 4.69) is 17.6 Å². The quantitative estimate of drug-likeness (QED) is 0.119. The lowest BCUT2D eigenvalue weighted by molar-refractivity contribution is -0.384. The highest BCUT2D eigenvalue weighted by atomic mass is 16.6. The van der Waals surface area contributed by atoms with Crippen LogP contribution in [-0.4, -0.2) is 29.1 Å². The number of nitro benzene ring substituents is 1. The van der Waals surface area contributed by atoms with E-state index in [1.54, 1.807) is 54.6 Å². The Labute approximate surface area is 214 Å². The van der Waals surface area contributed by atoms with Gasteiger partial charge in [-0.05, 0) is 73.5 Å². The molecule has 0 fully saturated rings. The smallest absolute Gasteiger partial charge is 0.272 e. The zero-order valence-corrected chi connectivity index (χ0v) is 20.5. The number of hydrogen-bond acceptors (Lipinski definition) is 6. The van der Waals surface area contributed by atoms with Gasteiger partial charge >= 0.3 is 0 Å². The number of benzene rings is 3. The van der Waals surface area contributed by atoms with Crippen molar-refractivity contribution in [2.24, 2.45) is 0 Å². The summed E-state index contributed by atoms with van der Waals surface area (Å²) in [6, 6.07) is 18.5. The SMILES string of the molecule is CCCCOc1ccc(C(=O)NC(=Cc2cccc([N+](=O)[O-])c2)C(=O)Nc2ccc(C(C)=O)cc2)cc1. The van der Waals surface area contributed by atoms with E-state index in [4.69, 9.17) is 4.74 Å². The molecule has 9 heteroatoms. The van der Waals surface area contributed by atoms with Gasteiger partial charge in [0, 0.05) is 28.9 Å². The van der Waals surface area contributed by atoms with Crippen LogP contribution in [0.2, 0.25) is 0 Å². The van der Waals surface area contributed by atoms with Gasteiger partial charge in [0.15, 0.2) is 5.78 Å². The second kappa shape index (κ2) is 12.8. The summed E-state index contributed by atoms with van der Waals surface area (Å²) in [5.74, 6) is -0.670. The molecule has 0 aliphatic carbocycles. The minimum absolute atomic E-state index is 0.113. The van der Waals surface area contributed by atoms with Crippen molar-refractivity contribution in [2.45, 2.75) is 26.7 Å². The summed E-state index contributed by atoms with van der Waals surface area (Å²) in [5, 5.41) is 16.4. The van der Waals surface area contributed by atoms with Crippen LogP contribution in [0.3, 0.4) is 0 Å². The van der Waals surface area contributed by atoms with Gasteiger partial charge in [0.1, 0.15) is 11.4 Å². The largest absolute Gasteiger partial charge is 0.494 e. The van der Waals surface area contributed by atoms with Gasteiger partial charge < -0.3 is 15.4 Å². The van der Waals surface area contributed by atoms with E-state index in [0.29, 0.717) is 34.7 Å². The molecule has 0 heterocycles. The van der Waals surface area contributed by atoms with Crippen LogP contribution in [0.1, 0.15) is 53.0 Å². The van der Waals surface area contributed by atoms with Gasteiger partial charge in [-0.15, -0.1) is 0 Å². The van der Waals surface area contributed by atoms with Crippen molar-refractivity contribution in [3.05, 3.63) is 105 Å². The lowest BCUT2D eigenvalue weighted by Crippen LogP contribution is -2.30. The molecule has 0 radical (unpaired) electrons. The molecule has 37 heavy (non-hydrogen) atoms. The molecule has 0 saturated heterocycles. The summed E-state index contributed by atoms with van der Waals surface area (Å²) in [4.78, 5) is 48.2. The summed E-state index contributed by atoms with van der Waals surface area (Å²) in [6.45, 7) is 4.07. The predicted molar refractivity (Wildman–Crippen MR) is 140 cm³/mol. The first-order chi connectivity index (χ1) is 17.8. The predicted octanol–water partition coefficient (Wildman–Crippen LogP) is 5.39. The summed E-state index contributed by atoms with van der Waals surface area (Å²) >= 11 is 0. The maximum absolute atomic E-state index is 13.1. The summed E-state index contributed by atoms with van der Waals surface area (Å²) in [6.07, 6.45) is 3.27. The minimum Gasteiger partial charge on any atom is -0.494 e. The van der Waals surface area contributed by atoms with E-state index in [1.807, 2.05) is 0 Å². The maximum Gasteiger partial charge on any atom is 0.272 e. The number of ether oxygens (including phenoxy) is 1. The molecule has 0 bridgehead atoms. The van der Waals surface area contributed by atoms with E-state index in [0.717, 1.165) is 12.8 Å². The minimum atomic E-state index is -0.644. The number of nitrogens with one attached hydrogen (secondary N) is 2. The number of hydrogen-bond donors (Lipinski definition) is 2. The number of carbonyl (C=O) groups is 3. The normalized spacial score (nSPS) is 10.9. The topological polar surface area (TPSA) is 128 Å². The van der Waals surface area contributed by atoms with Crippen LogP contribution in [-0.2, 0) is 4.79 Å². The average molecular weight is 502 g/mol. The first kappa shape index (κ1) is 26.8. The molecular formula is C28H27N3O6. The van der Waals surface area contributed by atoms with Crippen molar-refractivity contribution in [1.29, 1.82) is 0 Å². The van der Waals surface area contributed by atoms with Gasteiger partial charge in [-0.1, -0.05) is 25.5 Å². The second-order valence-corrected chi connectivity index (χ2v) is 8.18. The Morgan fingerprint density at radius 3 is 2.27 bits per heavy atom. The second-order valence-electron chi connectivity index (χ2n) is 8.18. The first-order valence-corrected chi connectivity index (χ1v) is 11.7. The van der Waals surface area contributed by atoms with E-state index in [1.165, 1.54) is 31.2 Å². The fourth-order valence-corrected chi connectivity index (χ4v) is 3.27. The average Bonchev–Trinajstić information content (AvgIpc) is 2.89. The van der Waals surface area contributed by atoms with Gasteiger partial charge in [-0.25, -0.2) is 0 Å². The molecule has 3 aromatic carbocycles. The molecule has 0 aliphatic heterocycles. The van der Waals surface area contributed by atoms with Crippen LogP contribution >= 0.6 is 0 Å². The number of nitro groups is 1. The number of rotatable bonds is 11. The Kier molecular flexibility index (Phi) is 9.26. The molecule has 3 aromatic rings. The molecule has 3 rings (SSSR count). The van der Waals surface area contributed by atoms with Crippen molar-refractivity contribution in [3.8, 4) is 5.75 Å². The van der Waals surface area contributed by atoms with Gasteiger partial charge in [-0.2, -0.15) is 0 Å². The zero-order valence-electron chi connectivity index (χ0n) is 20.5. The van der Waals surface area contributed by atoms with Gasteiger partial charge in [0.25, 0.3) is 17.5 Å². The number of amides is 2. The molecule has 0 saturated carbocycles. The van der Waals surface area contributed by atoms with Crippen LogP contribution in [0.4, 0.5) is 11.4 Å². The van der Waals surface area contributed by atoms with Gasteiger partial charge in [-0.3, -0.25) is 24.5 Å². The Hall–Kier alpha value is -4.79. The number of ketones is 1. The molecule has 2 amide bonds. The van der Waals surface area contributed by atoms with Crippen LogP contribution in [0.5, 0.6) is 5.75 Å². The molecule has 9 nitrogen and oxygen atoms in total. The van der Waals surface area contributed by atoms with Crippen molar-refractivity contribution in [2.75, 3.05) is 11.9 Å². The highest BCUT2D eigenvalue weighted by Crippen LogP contribution is 2.18. The highest BCUT2D eigenvalue weighted by Gasteiger charge is 2.16. The van der Waals surface area contributed by atoms with Crippen molar-refractivity contribution in [1.82, 2.24) is 5.32 Å².